The summed E-state index contributed by atoms with van der Waals surface area (Å²) in [7, 11) is 0. The third kappa shape index (κ3) is 5.20. The summed E-state index contributed by atoms with van der Waals surface area (Å²) in [5.74, 6) is -5.18. The molecular weight excluding hydrogens is 520 g/mol. The highest BCUT2D eigenvalue weighted by molar-refractivity contribution is 5.95. The summed E-state index contributed by atoms with van der Waals surface area (Å²) in [4.78, 5) is 52.6. The first-order chi connectivity index (χ1) is 18.5. The van der Waals surface area contributed by atoms with Gasteiger partial charge in [0.1, 0.15) is 29.8 Å². The van der Waals surface area contributed by atoms with Crippen molar-refractivity contribution in [3.8, 4) is 6.07 Å². The van der Waals surface area contributed by atoms with Gasteiger partial charge in [-0.2, -0.15) is 14.0 Å². The van der Waals surface area contributed by atoms with Crippen LogP contribution in [0.5, 0.6) is 0 Å². The lowest BCUT2D eigenvalue weighted by molar-refractivity contribution is -0.151. The molecule has 0 bridgehead atoms. The highest BCUT2D eigenvalue weighted by atomic mass is 19.3. The predicted octanol–water partition coefficient (Wildman–Crippen LogP) is 2.98. The molecule has 2 heterocycles. The van der Waals surface area contributed by atoms with Gasteiger partial charge in [-0.1, -0.05) is 52.8 Å². The summed E-state index contributed by atoms with van der Waals surface area (Å²) >= 11 is 0. The van der Waals surface area contributed by atoms with Crippen LogP contribution in [0.15, 0.2) is 30.0 Å². The van der Waals surface area contributed by atoms with Gasteiger partial charge in [0.05, 0.1) is 6.07 Å². The summed E-state index contributed by atoms with van der Waals surface area (Å²) in [6.07, 6.45) is 0.112. The van der Waals surface area contributed by atoms with Crippen LogP contribution in [-0.4, -0.2) is 59.2 Å². The molecule has 1 aromatic rings. The Morgan fingerprint density at radius 1 is 1.18 bits per heavy atom. The smallest absolute Gasteiger partial charge is 0.321 e. The second-order valence-electron chi connectivity index (χ2n) is 12.8. The maximum absolute atomic E-state index is 13.8. The van der Waals surface area contributed by atoms with Gasteiger partial charge in [0.25, 0.3) is 5.91 Å². The molecule has 1 aromatic carbocycles. The number of piperidine rings is 1. The van der Waals surface area contributed by atoms with Gasteiger partial charge < -0.3 is 20.9 Å². The fourth-order valence-corrected chi connectivity index (χ4v) is 6.17. The van der Waals surface area contributed by atoms with Crippen molar-refractivity contribution in [2.24, 2.45) is 22.7 Å². The fraction of sp³-hybridized carbons (Fsp3) is 0.586. The fourth-order valence-electron chi connectivity index (χ4n) is 6.17. The van der Waals surface area contributed by atoms with E-state index in [1.807, 2.05) is 44.1 Å². The minimum atomic E-state index is -3.68. The molecule has 0 spiro atoms. The van der Waals surface area contributed by atoms with Gasteiger partial charge in [0.15, 0.2) is 0 Å². The first-order valence-electron chi connectivity index (χ1n) is 13.3. The molecular formula is C29H35F2N5O4. The molecule has 0 aromatic heterocycles. The number of carbonyl (C=O) groups is 3. The molecule has 3 aliphatic rings. The molecule has 4 rings (SSSR count). The summed E-state index contributed by atoms with van der Waals surface area (Å²) in [5.41, 5.74) is 0.661. The minimum absolute atomic E-state index is 0.00665. The number of fused-ring (bicyclic) bond motifs is 2. The van der Waals surface area contributed by atoms with E-state index in [2.05, 4.69) is 22.0 Å². The lowest BCUT2D eigenvalue weighted by Crippen LogP contribution is -2.61. The van der Waals surface area contributed by atoms with Crippen LogP contribution in [0.1, 0.15) is 59.4 Å². The third-order valence-corrected chi connectivity index (χ3v) is 8.55. The lowest BCUT2D eigenvalue weighted by Gasteiger charge is -2.38. The molecule has 3 amide bonds. The Hall–Kier alpha value is -3.77. The van der Waals surface area contributed by atoms with Gasteiger partial charge in [-0.05, 0) is 40.7 Å². The standard InChI is InChI=1S/C29H35F2N5O4/c1-27(2,3)23(35-26(40)29(6,30)31)25(39)36-13-18-21(28(18,4)5)22(36)24(38)33-15(12-32)11-17-16-9-7-8-10-19(16)34-20(17)14-37/h7-10,15,17-18,21-23,34H,11,13H2,1-6H3,(H,33,38)(H,35,40)/t15-,17?,18-,21-,22-,23+/m0/s1. The molecule has 11 heteroatoms. The second kappa shape index (κ2) is 10.0. The Bertz CT molecular complexity index is 1320. The van der Waals surface area contributed by atoms with Crippen molar-refractivity contribution in [3.05, 3.63) is 35.5 Å². The topological polar surface area (TPSA) is 131 Å². The highest BCUT2D eigenvalue weighted by Gasteiger charge is 2.70. The molecule has 0 radical (unpaired) electrons. The van der Waals surface area contributed by atoms with Crippen molar-refractivity contribution in [2.75, 3.05) is 11.9 Å². The van der Waals surface area contributed by atoms with Crippen LogP contribution >= 0.6 is 0 Å². The normalized spacial score (nSPS) is 25.9. The van der Waals surface area contributed by atoms with E-state index in [0.717, 1.165) is 11.3 Å². The van der Waals surface area contributed by atoms with Gasteiger partial charge in [-0.3, -0.25) is 14.4 Å². The Kier molecular flexibility index (Phi) is 7.31. The molecule has 1 aliphatic carbocycles. The number of carbonyl (C=O) groups excluding carboxylic acids is 4. The van der Waals surface area contributed by atoms with Crippen molar-refractivity contribution in [2.45, 2.75) is 77.9 Å². The van der Waals surface area contributed by atoms with Crippen molar-refractivity contribution >= 4 is 29.4 Å². The molecule has 3 N–H and O–H groups in total. The zero-order valence-corrected chi connectivity index (χ0v) is 23.5. The van der Waals surface area contributed by atoms with Gasteiger partial charge >= 0.3 is 5.92 Å². The number of halogens is 2. The molecule has 9 nitrogen and oxygen atoms in total. The average molecular weight is 556 g/mol. The number of rotatable bonds is 7. The number of hydrogen-bond acceptors (Lipinski definition) is 6. The summed E-state index contributed by atoms with van der Waals surface area (Å²) < 4.78 is 27.4. The Morgan fingerprint density at radius 2 is 1.82 bits per heavy atom. The third-order valence-electron chi connectivity index (χ3n) is 8.55. The summed E-state index contributed by atoms with van der Waals surface area (Å²) in [6.45, 7) is 9.63. The Balaban J connectivity index is 1.56. The molecule has 2 fully saturated rings. The molecule has 6 atom stereocenters. The van der Waals surface area contributed by atoms with E-state index < -0.39 is 53.1 Å². The number of amides is 3. The van der Waals surface area contributed by atoms with E-state index in [-0.39, 0.29) is 35.9 Å². The first-order valence-corrected chi connectivity index (χ1v) is 13.3. The molecule has 40 heavy (non-hydrogen) atoms. The minimum Gasteiger partial charge on any atom is -0.349 e. The van der Waals surface area contributed by atoms with Crippen LogP contribution in [-0.2, 0) is 19.2 Å². The van der Waals surface area contributed by atoms with Crippen LogP contribution in [0.3, 0.4) is 0 Å². The van der Waals surface area contributed by atoms with Crippen LogP contribution in [0.25, 0.3) is 0 Å². The zero-order chi connectivity index (χ0) is 29.8. The van der Waals surface area contributed by atoms with E-state index in [9.17, 15) is 33.2 Å². The highest BCUT2D eigenvalue weighted by Crippen LogP contribution is 2.65. The molecule has 1 unspecified atom stereocenters. The van der Waals surface area contributed by atoms with Gasteiger partial charge in [0.2, 0.25) is 11.8 Å². The molecule has 2 aliphatic heterocycles. The van der Waals surface area contributed by atoms with Crippen LogP contribution in [0.4, 0.5) is 14.5 Å². The van der Waals surface area contributed by atoms with E-state index in [1.54, 1.807) is 20.8 Å². The zero-order valence-electron chi connectivity index (χ0n) is 23.5. The Morgan fingerprint density at radius 3 is 2.40 bits per heavy atom. The lowest BCUT2D eigenvalue weighted by atomic mass is 9.85. The second-order valence-corrected chi connectivity index (χ2v) is 12.8. The number of hydrogen-bond donors (Lipinski definition) is 3. The number of nitriles is 1. The number of alkyl halides is 2. The monoisotopic (exact) mass is 555 g/mol. The van der Waals surface area contributed by atoms with Crippen LogP contribution in [0, 0.1) is 34.0 Å². The SMILES string of the molecule is CC(F)(F)C(=O)N[C@H](C(=O)N1C[C@H]2[C@@H]([C@H]1C(=O)N[C@H](C#N)CC1C(=C=O)Nc3ccccc31)C2(C)C)C(C)(C)C. The van der Waals surface area contributed by atoms with Gasteiger partial charge in [-0.25, -0.2) is 4.79 Å². The van der Waals surface area contributed by atoms with E-state index in [4.69, 9.17) is 0 Å². The number of nitrogens with zero attached hydrogens (tertiary/aromatic N) is 2. The van der Waals surface area contributed by atoms with Gasteiger partial charge in [0, 0.05) is 25.1 Å². The van der Waals surface area contributed by atoms with E-state index in [1.165, 1.54) is 4.90 Å². The number of para-hydroxylation sites is 1. The molecule has 1 saturated carbocycles. The van der Waals surface area contributed by atoms with Crippen LogP contribution < -0.4 is 16.0 Å². The number of nitrogens with one attached hydrogen (secondary N) is 3. The van der Waals surface area contributed by atoms with Crippen molar-refractivity contribution in [1.82, 2.24) is 15.5 Å². The molecule has 1 saturated heterocycles. The predicted molar refractivity (Wildman–Crippen MR) is 142 cm³/mol. The quantitative estimate of drug-likeness (QED) is 0.444. The summed E-state index contributed by atoms with van der Waals surface area (Å²) in [6, 6.07) is 6.15. The van der Waals surface area contributed by atoms with Gasteiger partial charge in [-0.15, -0.1) is 0 Å². The number of benzene rings is 1. The van der Waals surface area contributed by atoms with Crippen molar-refractivity contribution in [1.29, 1.82) is 5.26 Å². The number of likely N-dealkylation sites (tertiary alicyclic amines) is 1. The molecule has 214 valence electrons. The number of anilines is 1. The van der Waals surface area contributed by atoms with Crippen molar-refractivity contribution in [3.63, 3.8) is 0 Å². The summed E-state index contributed by atoms with van der Waals surface area (Å²) in [5, 5.41) is 17.9. The largest absolute Gasteiger partial charge is 0.349 e. The van der Waals surface area contributed by atoms with E-state index in [0.29, 0.717) is 6.92 Å². The maximum Gasteiger partial charge on any atom is 0.321 e. The average Bonchev–Trinajstić information content (AvgIpc) is 3.21. The maximum atomic E-state index is 13.8. The Labute approximate surface area is 232 Å². The first kappa shape index (κ1) is 29.2. The van der Waals surface area contributed by atoms with E-state index >= 15 is 0 Å². The van der Waals surface area contributed by atoms with Crippen LogP contribution in [0.2, 0.25) is 0 Å². The van der Waals surface area contributed by atoms with Crippen molar-refractivity contribution < 1.29 is 28.0 Å². The number of allylic oxidation sites excluding steroid dienone is 1.